The molecule has 8 atom stereocenters. The van der Waals surface area contributed by atoms with Gasteiger partial charge in [-0.05, 0) is 67.6 Å². The predicted octanol–water partition coefficient (Wildman–Crippen LogP) is 5.63. The van der Waals surface area contributed by atoms with Crippen LogP contribution in [0.4, 0.5) is 0 Å². The van der Waals surface area contributed by atoms with Crippen LogP contribution in [-0.4, -0.2) is 24.1 Å². The quantitative estimate of drug-likeness (QED) is 0.536. The van der Waals surface area contributed by atoms with Gasteiger partial charge in [-0.2, -0.15) is 0 Å². The Kier molecular flexibility index (Phi) is 7.32. The van der Waals surface area contributed by atoms with E-state index in [-0.39, 0.29) is 36.0 Å². The van der Waals surface area contributed by atoms with Crippen molar-refractivity contribution < 1.29 is 19.1 Å². The molecule has 4 nitrogen and oxygen atoms in total. The van der Waals surface area contributed by atoms with E-state index in [1.807, 2.05) is 0 Å². The summed E-state index contributed by atoms with van der Waals surface area (Å²) >= 11 is 0. The van der Waals surface area contributed by atoms with E-state index in [0.29, 0.717) is 41.9 Å². The van der Waals surface area contributed by atoms with Crippen molar-refractivity contribution in [3.63, 3.8) is 0 Å². The average Bonchev–Trinajstić information content (AvgIpc) is 3.42. The minimum Gasteiger partial charge on any atom is -0.462 e. The van der Waals surface area contributed by atoms with Gasteiger partial charge in [0.1, 0.15) is 12.2 Å². The van der Waals surface area contributed by atoms with Crippen LogP contribution in [0.25, 0.3) is 0 Å². The Morgan fingerprint density at radius 3 is 1.38 bits per heavy atom. The molecule has 0 aromatic heterocycles. The molecule has 3 rings (SSSR count). The lowest BCUT2D eigenvalue weighted by atomic mass is 9.75. The smallest absolute Gasteiger partial charge is 0.310 e. The highest BCUT2D eigenvalue weighted by molar-refractivity contribution is 5.87. The fourth-order valence-corrected chi connectivity index (χ4v) is 5.69. The van der Waals surface area contributed by atoms with Crippen LogP contribution in [0.15, 0.2) is 0 Å². The lowest BCUT2D eigenvalue weighted by Gasteiger charge is -2.37. The van der Waals surface area contributed by atoms with Gasteiger partial charge in [0.25, 0.3) is 0 Å². The first kappa shape index (κ1) is 22.6. The number of hydrogen-bond acceptors (Lipinski definition) is 4. The molecule has 29 heavy (non-hydrogen) atoms. The number of carbonyl (C=O) groups excluding carboxylic acids is 2. The summed E-state index contributed by atoms with van der Waals surface area (Å²) in [7, 11) is 0. The highest BCUT2D eigenvalue weighted by Crippen LogP contribution is 2.44. The van der Waals surface area contributed by atoms with Crippen molar-refractivity contribution in [2.75, 3.05) is 0 Å². The highest BCUT2D eigenvalue weighted by atomic mass is 16.6. The monoisotopic (exact) mass is 406 g/mol. The zero-order valence-corrected chi connectivity index (χ0v) is 19.4. The van der Waals surface area contributed by atoms with Gasteiger partial charge in [-0.3, -0.25) is 9.59 Å². The predicted molar refractivity (Wildman–Crippen MR) is 114 cm³/mol. The van der Waals surface area contributed by atoms with E-state index in [1.165, 1.54) is 12.8 Å². The standard InChI is InChI=1S/C25H42O4/c1-14(2)18-9-7-16(5)11-22(18)28-24(26)20-13-21(20)25(27)29-23-12-17(6)8-10-19(23)15(3)4/h14-23H,7-13H2,1-6H3/t16-,17-,18-,19+,20+,21-,22-,23+/m1/s1. The Morgan fingerprint density at radius 2 is 1.03 bits per heavy atom. The second-order valence-electron chi connectivity index (χ2n) is 11.1. The summed E-state index contributed by atoms with van der Waals surface area (Å²) in [5, 5.41) is 0. The minimum absolute atomic E-state index is 0.00744. The summed E-state index contributed by atoms with van der Waals surface area (Å²) in [6, 6.07) is 0. The van der Waals surface area contributed by atoms with Gasteiger partial charge in [0.05, 0.1) is 11.8 Å². The highest BCUT2D eigenvalue weighted by Gasteiger charge is 2.52. The molecule has 0 aromatic rings. The Morgan fingerprint density at radius 1 is 0.655 bits per heavy atom. The van der Waals surface area contributed by atoms with E-state index >= 15 is 0 Å². The molecule has 3 saturated carbocycles. The van der Waals surface area contributed by atoms with Crippen molar-refractivity contribution in [1.82, 2.24) is 0 Å². The largest absolute Gasteiger partial charge is 0.462 e. The van der Waals surface area contributed by atoms with Crippen LogP contribution in [0.3, 0.4) is 0 Å². The van der Waals surface area contributed by atoms with Crippen molar-refractivity contribution in [1.29, 1.82) is 0 Å². The van der Waals surface area contributed by atoms with Crippen LogP contribution in [-0.2, 0) is 19.1 Å². The maximum Gasteiger partial charge on any atom is 0.310 e. The number of carbonyl (C=O) groups is 2. The number of ether oxygens (including phenoxy) is 2. The van der Waals surface area contributed by atoms with Crippen molar-refractivity contribution in [2.24, 2.45) is 47.3 Å². The molecule has 3 aliphatic rings. The first-order chi connectivity index (χ1) is 13.7. The summed E-state index contributed by atoms with van der Waals surface area (Å²) < 4.78 is 11.9. The SMILES string of the molecule is CC(C)[C@H]1CC[C@@H](C)C[C@H]1OC(=O)[C@H]1C[C@H]1C(=O)O[C@H]1C[C@H](C)CC[C@H]1C(C)C. The lowest BCUT2D eigenvalue weighted by Crippen LogP contribution is -2.37. The van der Waals surface area contributed by atoms with E-state index in [2.05, 4.69) is 41.5 Å². The molecule has 0 bridgehead atoms. The fraction of sp³-hybridized carbons (Fsp3) is 0.920. The van der Waals surface area contributed by atoms with Gasteiger partial charge in [-0.25, -0.2) is 0 Å². The Labute approximate surface area is 177 Å². The maximum absolute atomic E-state index is 12.8. The minimum atomic E-state index is -0.286. The van der Waals surface area contributed by atoms with Gasteiger partial charge in [-0.15, -0.1) is 0 Å². The summed E-state index contributed by atoms with van der Waals surface area (Å²) in [4.78, 5) is 25.5. The lowest BCUT2D eigenvalue weighted by molar-refractivity contribution is -0.164. The van der Waals surface area contributed by atoms with Crippen molar-refractivity contribution in [3.05, 3.63) is 0 Å². The molecule has 0 aliphatic heterocycles. The summed E-state index contributed by atoms with van der Waals surface area (Å²) in [6.45, 7) is 13.4. The molecule has 166 valence electrons. The molecule has 0 amide bonds. The van der Waals surface area contributed by atoms with Crippen LogP contribution >= 0.6 is 0 Å². The molecule has 0 unspecified atom stereocenters. The third kappa shape index (κ3) is 5.55. The van der Waals surface area contributed by atoms with Crippen LogP contribution in [0.1, 0.15) is 86.5 Å². The van der Waals surface area contributed by atoms with Crippen molar-refractivity contribution in [2.45, 2.75) is 98.7 Å². The second-order valence-corrected chi connectivity index (χ2v) is 11.1. The molecule has 0 spiro atoms. The molecular weight excluding hydrogens is 364 g/mol. The van der Waals surface area contributed by atoms with Crippen LogP contribution in [0.5, 0.6) is 0 Å². The molecule has 4 heteroatoms. The average molecular weight is 407 g/mol. The zero-order valence-electron chi connectivity index (χ0n) is 19.4. The summed E-state index contributed by atoms with van der Waals surface area (Å²) in [5.41, 5.74) is 0. The van der Waals surface area contributed by atoms with E-state index < -0.39 is 0 Å². The second kappa shape index (κ2) is 9.39. The molecule has 0 heterocycles. The van der Waals surface area contributed by atoms with E-state index in [9.17, 15) is 9.59 Å². The zero-order chi connectivity index (χ0) is 21.3. The maximum atomic E-state index is 12.8. The molecule has 0 N–H and O–H groups in total. The van der Waals surface area contributed by atoms with E-state index in [0.717, 1.165) is 25.7 Å². The third-order valence-electron chi connectivity index (χ3n) is 7.85. The molecule has 0 radical (unpaired) electrons. The third-order valence-corrected chi connectivity index (χ3v) is 7.85. The van der Waals surface area contributed by atoms with Crippen LogP contribution in [0.2, 0.25) is 0 Å². The van der Waals surface area contributed by atoms with Crippen molar-refractivity contribution >= 4 is 11.9 Å². The van der Waals surface area contributed by atoms with Gasteiger partial charge in [0.15, 0.2) is 0 Å². The molecule has 3 fully saturated rings. The van der Waals surface area contributed by atoms with Crippen molar-refractivity contribution in [3.8, 4) is 0 Å². The molecule has 0 saturated heterocycles. The van der Waals surface area contributed by atoms with Gasteiger partial charge in [0, 0.05) is 0 Å². The molecule has 3 aliphatic carbocycles. The Hall–Kier alpha value is -1.06. The number of rotatable bonds is 6. The molecular formula is C25H42O4. The van der Waals surface area contributed by atoms with E-state index in [1.54, 1.807) is 0 Å². The van der Waals surface area contributed by atoms with Gasteiger partial charge in [0.2, 0.25) is 0 Å². The first-order valence-corrected chi connectivity index (χ1v) is 12.1. The van der Waals surface area contributed by atoms with Crippen LogP contribution in [0, 0.1) is 47.3 Å². The van der Waals surface area contributed by atoms with Gasteiger partial charge < -0.3 is 9.47 Å². The summed E-state index contributed by atoms with van der Waals surface area (Å²) in [6.07, 6.45) is 7.20. The van der Waals surface area contributed by atoms with Gasteiger partial charge >= 0.3 is 11.9 Å². The fourth-order valence-electron chi connectivity index (χ4n) is 5.69. The summed E-state index contributed by atoms with van der Waals surface area (Å²) in [5.74, 6) is 2.20. The Balaban J connectivity index is 1.52. The molecule has 0 aromatic carbocycles. The first-order valence-electron chi connectivity index (χ1n) is 12.1. The number of esters is 2. The normalized spacial score (nSPS) is 40.0. The van der Waals surface area contributed by atoms with Crippen LogP contribution < -0.4 is 0 Å². The van der Waals surface area contributed by atoms with Gasteiger partial charge in [-0.1, -0.05) is 54.4 Å². The number of hydrogen-bond donors (Lipinski definition) is 0. The van der Waals surface area contributed by atoms with E-state index in [4.69, 9.17) is 9.47 Å². The Bertz CT molecular complexity index is 533. The topological polar surface area (TPSA) is 52.6 Å².